The maximum Gasteiger partial charge on any atom is 0.409 e. The van der Waals surface area contributed by atoms with E-state index in [1.54, 1.807) is 16.8 Å². The lowest BCUT2D eigenvalue weighted by Crippen LogP contribution is -2.43. The van der Waals surface area contributed by atoms with Crippen LogP contribution in [0.15, 0.2) is 36.4 Å². The number of carbonyl (C=O) groups is 3. The number of imide groups is 1. The van der Waals surface area contributed by atoms with Gasteiger partial charge in [-0.3, -0.25) is 24.5 Å². The number of piperidine rings is 3. The summed E-state index contributed by atoms with van der Waals surface area (Å²) < 4.78 is 51.0. The Balaban J connectivity index is 0.000000179. The lowest BCUT2D eigenvalue weighted by atomic mass is 9.83. The number of carbonyl (C=O) groups excluding carboxylic acids is 3. The molecule has 2 unspecified atom stereocenters. The van der Waals surface area contributed by atoms with Crippen LogP contribution in [0.2, 0.25) is 0 Å². The topological polar surface area (TPSA) is 194 Å². The Hall–Kier alpha value is -6.80. The smallest absolute Gasteiger partial charge is 0.409 e. The number of methoxy groups -OCH3 is 1. The van der Waals surface area contributed by atoms with Gasteiger partial charge in [-0.1, -0.05) is 40.7 Å². The van der Waals surface area contributed by atoms with Crippen molar-refractivity contribution in [3.05, 3.63) is 65.0 Å². The molecule has 20 heteroatoms. The third-order valence-corrected chi connectivity index (χ3v) is 18.2. The van der Waals surface area contributed by atoms with Crippen molar-refractivity contribution in [2.45, 2.75) is 148 Å². The van der Waals surface area contributed by atoms with Gasteiger partial charge in [0.15, 0.2) is 11.5 Å². The first-order valence-electron chi connectivity index (χ1n) is 30.7. The average molecular weight is 1140 g/mol. The van der Waals surface area contributed by atoms with Gasteiger partial charge in [0.1, 0.15) is 41.0 Å². The number of aromatic nitrogens is 6. The van der Waals surface area contributed by atoms with E-state index in [9.17, 15) is 19.5 Å². The molecular weight excluding hydrogens is 1060 g/mol. The summed E-state index contributed by atoms with van der Waals surface area (Å²) in [6, 6.07) is 10.3. The number of phenols is 1. The van der Waals surface area contributed by atoms with Crippen molar-refractivity contribution in [2.75, 3.05) is 82.5 Å². The van der Waals surface area contributed by atoms with Crippen LogP contribution < -0.4 is 19.9 Å². The Morgan fingerprint density at radius 2 is 1.58 bits per heavy atom. The molecule has 11 heterocycles. The molecule has 2 atom stereocenters. The monoisotopic (exact) mass is 1140 g/mol. The Morgan fingerprint density at radius 1 is 0.843 bits per heavy atom. The van der Waals surface area contributed by atoms with E-state index >= 15 is 8.78 Å². The number of benzene rings is 2. The van der Waals surface area contributed by atoms with Crippen molar-refractivity contribution in [1.82, 2.24) is 44.8 Å². The zero-order valence-electron chi connectivity index (χ0n) is 49.6. The number of aromatic hydroxyl groups is 1. The van der Waals surface area contributed by atoms with E-state index in [4.69, 9.17) is 34.1 Å². The number of phenolic OH excluding ortho intramolecular Hbond substituents is 1. The predicted octanol–water partition coefficient (Wildman–Crippen LogP) is 10.6. The average Bonchev–Trinajstić information content (AvgIpc) is 3.05. The Kier molecular flexibility index (Phi) is 18.6. The second-order valence-electron chi connectivity index (χ2n) is 22.9. The normalized spacial score (nSPS) is 21.0. The summed E-state index contributed by atoms with van der Waals surface area (Å²) in [5.74, 6) is 1.03. The van der Waals surface area contributed by atoms with Gasteiger partial charge in [0, 0.05) is 63.7 Å². The van der Waals surface area contributed by atoms with E-state index in [1.165, 1.54) is 25.7 Å². The fraction of sp³-hybridized carbons (Fsp3) is 0.587. The summed E-state index contributed by atoms with van der Waals surface area (Å²) in [5.41, 5.74) is 3.14. The number of ether oxygens (including phenoxy) is 3. The van der Waals surface area contributed by atoms with Crippen LogP contribution in [0.4, 0.5) is 25.2 Å². The van der Waals surface area contributed by atoms with E-state index < -0.39 is 11.7 Å². The maximum absolute atomic E-state index is 17.0. The molecule has 83 heavy (non-hydrogen) atoms. The minimum Gasteiger partial charge on any atom is -0.508 e. The molecule has 0 spiro atoms. The summed E-state index contributed by atoms with van der Waals surface area (Å²) in [6.07, 6.45) is 13.3. The number of likely N-dealkylation sites (tertiary alicyclic amines) is 1. The van der Waals surface area contributed by atoms with Crippen molar-refractivity contribution in [3.63, 3.8) is 0 Å². The van der Waals surface area contributed by atoms with Crippen LogP contribution in [0.5, 0.6) is 11.8 Å². The van der Waals surface area contributed by atoms with E-state index in [2.05, 4.69) is 25.1 Å². The van der Waals surface area contributed by atoms with Crippen LogP contribution >= 0.6 is 0 Å². The van der Waals surface area contributed by atoms with Gasteiger partial charge in [0.2, 0.25) is 11.8 Å². The van der Waals surface area contributed by atoms with Crippen LogP contribution in [0.1, 0.15) is 141 Å². The van der Waals surface area contributed by atoms with Crippen LogP contribution in [0.25, 0.3) is 44.0 Å². The van der Waals surface area contributed by atoms with E-state index in [0.717, 1.165) is 127 Å². The molecule has 7 aliphatic rings. The summed E-state index contributed by atoms with van der Waals surface area (Å²) in [6.45, 7) is 18.0. The molecule has 0 aliphatic carbocycles. The van der Waals surface area contributed by atoms with Gasteiger partial charge < -0.3 is 34.0 Å². The number of aryl methyl sites for hydroxylation is 3. The highest BCUT2D eigenvalue weighted by Gasteiger charge is 2.45. The first-order valence-corrected chi connectivity index (χ1v) is 30.7. The molecule has 13 rings (SSSR count). The van der Waals surface area contributed by atoms with E-state index in [0.29, 0.717) is 102 Å². The van der Waals surface area contributed by atoms with Gasteiger partial charge in [-0.2, -0.15) is 15.1 Å². The van der Waals surface area contributed by atoms with Crippen molar-refractivity contribution >= 4 is 62.3 Å². The first kappa shape index (κ1) is 59.4. The highest BCUT2D eigenvalue weighted by molar-refractivity contribution is 6.03. The molecule has 0 saturated carbocycles. The molecule has 2 N–H and O–H groups in total. The van der Waals surface area contributed by atoms with E-state index in [1.807, 2.05) is 58.7 Å². The zero-order chi connectivity index (χ0) is 58.5. The number of amides is 3. The molecule has 4 aromatic heterocycles. The number of nitrogens with one attached hydrogen (secondary N) is 1. The number of rotatable bonds is 9. The quantitative estimate of drug-likeness (QED) is 0.130. The van der Waals surface area contributed by atoms with Gasteiger partial charge in [-0.15, -0.1) is 0 Å². The zero-order valence-corrected chi connectivity index (χ0v) is 49.6. The summed E-state index contributed by atoms with van der Waals surface area (Å²) in [7, 11) is 3.30. The number of pyridine rings is 2. The highest BCUT2D eigenvalue weighted by atomic mass is 19.1. The predicted molar refractivity (Wildman–Crippen MR) is 317 cm³/mol. The van der Waals surface area contributed by atoms with E-state index in [-0.39, 0.29) is 58.3 Å². The third-order valence-electron chi connectivity index (χ3n) is 18.2. The number of anilines is 2. The largest absolute Gasteiger partial charge is 0.508 e. The number of halogens is 2. The lowest BCUT2D eigenvalue weighted by Gasteiger charge is -2.36. The lowest BCUT2D eigenvalue weighted by molar-refractivity contribution is -0.134. The van der Waals surface area contributed by atoms with Crippen molar-refractivity contribution in [3.8, 4) is 23.0 Å². The maximum atomic E-state index is 17.0. The molecule has 18 nitrogen and oxygen atoms in total. The molecule has 6 saturated heterocycles. The minimum atomic E-state index is -0.624. The molecule has 446 valence electrons. The molecule has 0 radical (unpaired) electrons. The Morgan fingerprint density at radius 3 is 2.29 bits per heavy atom. The SMILES string of the molecule is CC.CC.CCc1c(F)ccc2cc(O)cc(-c3nc4c5c(nc(OCC67CCCN6CCC7)nc5c3F)N3CCCOCC3CC4)c12.COC(=O)N1CCC(CC2CCN(c3ccc4c(C5CCC(=O)NC5=O)nn(C)c4n3)CC2)CC1. The second kappa shape index (κ2) is 26.0. The molecule has 6 aromatic rings. The fourth-order valence-electron chi connectivity index (χ4n) is 14.1. The van der Waals surface area contributed by atoms with Gasteiger partial charge in [-0.25, -0.2) is 23.5 Å². The number of hydrogen-bond donors (Lipinski definition) is 2. The molecule has 6 fully saturated rings. The molecule has 7 aliphatic heterocycles. The molecular formula is C63H83F2N11O7. The summed E-state index contributed by atoms with van der Waals surface area (Å²) in [4.78, 5) is 64.0. The van der Waals surface area contributed by atoms with Crippen LogP contribution in [-0.4, -0.2) is 147 Å². The van der Waals surface area contributed by atoms with Gasteiger partial charge in [0.05, 0.1) is 48.0 Å². The summed E-state index contributed by atoms with van der Waals surface area (Å²) in [5, 5.41) is 20.4. The number of fused-ring (bicyclic) bond motifs is 5. The Labute approximate surface area is 485 Å². The highest BCUT2D eigenvalue weighted by Crippen LogP contribution is 2.44. The second-order valence-corrected chi connectivity index (χ2v) is 22.9. The van der Waals surface area contributed by atoms with Crippen molar-refractivity contribution in [2.24, 2.45) is 18.9 Å². The van der Waals surface area contributed by atoms with Gasteiger partial charge in [-0.05, 0) is 161 Å². The van der Waals surface area contributed by atoms with Crippen LogP contribution in [0.3, 0.4) is 0 Å². The van der Waals surface area contributed by atoms with Crippen molar-refractivity contribution in [1.29, 1.82) is 0 Å². The number of nitrogens with zero attached hydrogens (tertiary/aromatic N) is 10. The molecule has 3 amide bonds. The van der Waals surface area contributed by atoms with Crippen LogP contribution in [0, 0.1) is 23.5 Å². The molecule has 0 bridgehead atoms. The standard InChI is InChI=1S/C34H37F2N5O3.C25H34N6O4.2C2H6/c1-2-23-25(35)8-6-20-16-22(42)17-24(27(20)23)30-29(36)31-28-26(37-30)9-7-21-18-43-15-5-14-41(21)32(28)39-33(38-31)44-19-34-10-3-12-40(34)13-4-11-34;1-29-23-18(22(28-29)19-4-6-21(32)27-24(19)33)3-5-20(26-23)30-11-7-16(8-12-30)15-17-9-13-31(14-10-17)25(34)35-2;2*1-2/h6,8,16-17,21,42H,2-5,7,9-15,18-19H2,1H3;3,5,16-17,19H,4,6-15H2,1-2H3,(H,27,32,33);2*1-2H3. The third kappa shape index (κ3) is 12.0. The fourth-order valence-corrected chi connectivity index (χ4v) is 14.1. The van der Waals surface area contributed by atoms with Gasteiger partial charge >= 0.3 is 12.1 Å². The minimum absolute atomic E-state index is 0.0143. The van der Waals surface area contributed by atoms with Gasteiger partial charge in [0.25, 0.3) is 0 Å². The van der Waals surface area contributed by atoms with Crippen molar-refractivity contribution < 1.29 is 42.5 Å². The summed E-state index contributed by atoms with van der Waals surface area (Å²) >= 11 is 0. The first-order chi connectivity index (χ1) is 40.4. The number of hydrogen-bond acceptors (Lipinski definition) is 15. The Bertz CT molecular complexity index is 3310. The molecule has 2 aromatic carbocycles. The van der Waals surface area contributed by atoms with Crippen LogP contribution in [-0.2, 0) is 39.0 Å².